The van der Waals surface area contributed by atoms with Crippen LogP contribution in [0.5, 0.6) is 0 Å². The van der Waals surface area contributed by atoms with E-state index in [1.807, 2.05) is 31.2 Å². The molecule has 0 heterocycles. The number of carbonyl (C=O) groups is 1. The third kappa shape index (κ3) is 4.04. The molecule has 0 unspecified atom stereocenters. The van der Waals surface area contributed by atoms with Gasteiger partial charge in [-0.05, 0) is 30.7 Å². The number of rotatable bonds is 4. The van der Waals surface area contributed by atoms with Gasteiger partial charge in [0.1, 0.15) is 0 Å². The van der Waals surface area contributed by atoms with Crippen LogP contribution in [0.4, 0.5) is 5.69 Å². The van der Waals surface area contributed by atoms with Crippen LogP contribution in [0.15, 0.2) is 28.7 Å². The lowest BCUT2D eigenvalue weighted by molar-refractivity contribution is -0.119. The Morgan fingerprint density at radius 1 is 1.40 bits per heavy atom. The summed E-state index contributed by atoms with van der Waals surface area (Å²) in [6.45, 7) is 4.04. The van der Waals surface area contributed by atoms with Crippen molar-refractivity contribution in [1.29, 1.82) is 0 Å². The highest BCUT2D eigenvalue weighted by Crippen LogP contribution is 2.15. The van der Waals surface area contributed by atoms with Gasteiger partial charge in [0.05, 0.1) is 0 Å². The molecule has 0 aromatic heterocycles. The Bertz CT molecular complexity index is 321. The second-order valence-corrected chi connectivity index (χ2v) is 4.60. The fraction of sp³-hybridized carbons (Fsp3) is 0.417. The predicted molar refractivity (Wildman–Crippen MR) is 66.8 cm³/mol. The van der Waals surface area contributed by atoms with Gasteiger partial charge in [-0.2, -0.15) is 0 Å². The fourth-order valence-corrected chi connectivity index (χ4v) is 1.63. The molecule has 1 aromatic carbocycles. The summed E-state index contributed by atoms with van der Waals surface area (Å²) in [6, 6.07) is 7.61. The highest BCUT2D eigenvalue weighted by Gasteiger charge is 2.11. The number of anilines is 1. The molecule has 82 valence electrons. The van der Waals surface area contributed by atoms with Gasteiger partial charge >= 0.3 is 0 Å². The fourth-order valence-electron chi connectivity index (χ4n) is 1.36. The molecule has 0 bridgehead atoms. The lowest BCUT2D eigenvalue weighted by Crippen LogP contribution is -2.20. The first kappa shape index (κ1) is 12.2. The quantitative estimate of drug-likeness (QED) is 0.885. The van der Waals surface area contributed by atoms with Crippen molar-refractivity contribution >= 4 is 27.5 Å². The largest absolute Gasteiger partial charge is 0.326 e. The highest BCUT2D eigenvalue weighted by molar-refractivity contribution is 9.10. The average molecular weight is 270 g/mol. The third-order valence-corrected chi connectivity index (χ3v) is 2.81. The van der Waals surface area contributed by atoms with Crippen molar-refractivity contribution in [2.45, 2.75) is 26.7 Å². The Balaban J connectivity index is 2.54. The summed E-state index contributed by atoms with van der Waals surface area (Å²) in [4.78, 5) is 11.7. The average Bonchev–Trinajstić information content (AvgIpc) is 2.22. The SMILES string of the molecule is CCC[C@@H](C)C(=O)Nc1ccc(Br)cc1. The molecule has 0 aliphatic carbocycles. The molecule has 0 aliphatic rings. The summed E-state index contributed by atoms with van der Waals surface area (Å²) in [6.07, 6.45) is 1.97. The van der Waals surface area contributed by atoms with E-state index in [4.69, 9.17) is 0 Å². The van der Waals surface area contributed by atoms with Crippen LogP contribution in [0.2, 0.25) is 0 Å². The topological polar surface area (TPSA) is 29.1 Å². The van der Waals surface area contributed by atoms with E-state index in [0.29, 0.717) is 0 Å². The van der Waals surface area contributed by atoms with Crippen LogP contribution in [-0.2, 0) is 4.79 Å². The summed E-state index contributed by atoms with van der Waals surface area (Å²) in [5.74, 6) is 0.179. The van der Waals surface area contributed by atoms with Crippen molar-refractivity contribution < 1.29 is 4.79 Å². The summed E-state index contributed by atoms with van der Waals surface area (Å²) in [5, 5.41) is 2.89. The second-order valence-electron chi connectivity index (χ2n) is 3.69. The van der Waals surface area contributed by atoms with Crippen LogP contribution in [-0.4, -0.2) is 5.91 Å². The molecule has 0 radical (unpaired) electrons. The summed E-state index contributed by atoms with van der Waals surface area (Å²) < 4.78 is 1.02. The van der Waals surface area contributed by atoms with Crippen LogP contribution >= 0.6 is 15.9 Å². The maximum atomic E-state index is 11.7. The maximum Gasteiger partial charge on any atom is 0.227 e. The minimum Gasteiger partial charge on any atom is -0.326 e. The number of halogens is 1. The van der Waals surface area contributed by atoms with Gasteiger partial charge in [0.15, 0.2) is 0 Å². The van der Waals surface area contributed by atoms with Crippen molar-refractivity contribution in [3.8, 4) is 0 Å². The van der Waals surface area contributed by atoms with Gasteiger partial charge in [0, 0.05) is 16.1 Å². The van der Waals surface area contributed by atoms with Crippen molar-refractivity contribution in [3.63, 3.8) is 0 Å². The Morgan fingerprint density at radius 2 is 2.00 bits per heavy atom. The van der Waals surface area contributed by atoms with E-state index in [0.717, 1.165) is 23.0 Å². The molecule has 1 rings (SSSR count). The molecule has 0 saturated heterocycles. The van der Waals surface area contributed by atoms with Crippen molar-refractivity contribution in [2.24, 2.45) is 5.92 Å². The van der Waals surface area contributed by atoms with Crippen LogP contribution in [0.1, 0.15) is 26.7 Å². The van der Waals surface area contributed by atoms with Crippen LogP contribution in [0.3, 0.4) is 0 Å². The van der Waals surface area contributed by atoms with E-state index in [1.165, 1.54) is 0 Å². The minimum absolute atomic E-state index is 0.0821. The molecule has 1 atom stereocenters. The summed E-state index contributed by atoms with van der Waals surface area (Å²) >= 11 is 3.35. The standard InChI is InChI=1S/C12H16BrNO/c1-3-4-9(2)12(15)14-11-7-5-10(13)6-8-11/h5-9H,3-4H2,1-2H3,(H,14,15)/t9-/m1/s1. The molecule has 0 aliphatic heterocycles. The minimum atomic E-state index is 0.0821. The number of hydrogen-bond donors (Lipinski definition) is 1. The van der Waals surface area contributed by atoms with Gasteiger partial charge < -0.3 is 5.32 Å². The Kier molecular flexibility index (Phi) is 4.82. The lowest BCUT2D eigenvalue weighted by Gasteiger charge is -2.10. The Hall–Kier alpha value is -0.830. The summed E-state index contributed by atoms with van der Waals surface area (Å²) in [5.41, 5.74) is 0.853. The molecule has 0 saturated carbocycles. The molecule has 1 aromatic rings. The first-order valence-corrected chi connectivity index (χ1v) is 5.99. The molecular formula is C12H16BrNO. The van der Waals surface area contributed by atoms with Gasteiger partial charge in [0.2, 0.25) is 5.91 Å². The predicted octanol–water partition coefficient (Wildman–Crippen LogP) is 3.82. The van der Waals surface area contributed by atoms with E-state index in [1.54, 1.807) is 0 Å². The van der Waals surface area contributed by atoms with Crippen LogP contribution in [0.25, 0.3) is 0 Å². The van der Waals surface area contributed by atoms with Gasteiger partial charge in [-0.25, -0.2) is 0 Å². The molecule has 0 fully saturated rings. The molecule has 0 spiro atoms. The van der Waals surface area contributed by atoms with Crippen LogP contribution < -0.4 is 5.32 Å². The Morgan fingerprint density at radius 3 is 2.53 bits per heavy atom. The zero-order chi connectivity index (χ0) is 11.3. The van der Waals surface area contributed by atoms with E-state index >= 15 is 0 Å². The first-order valence-electron chi connectivity index (χ1n) is 5.20. The molecule has 3 heteroatoms. The molecule has 1 amide bonds. The molecule has 1 N–H and O–H groups in total. The maximum absolute atomic E-state index is 11.7. The van der Waals surface area contributed by atoms with E-state index in [9.17, 15) is 4.79 Å². The first-order chi connectivity index (χ1) is 7.13. The van der Waals surface area contributed by atoms with Crippen molar-refractivity contribution in [3.05, 3.63) is 28.7 Å². The van der Waals surface area contributed by atoms with Gasteiger partial charge in [0.25, 0.3) is 0 Å². The highest BCUT2D eigenvalue weighted by atomic mass is 79.9. The second kappa shape index (κ2) is 5.91. The lowest BCUT2D eigenvalue weighted by atomic mass is 10.1. The van der Waals surface area contributed by atoms with Gasteiger partial charge in [-0.3, -0.25) is 4.79 Å². The number of carbonyl (C=O) groups excluding carboxylic acids is 1. The molecule has 15 heavy (non-hydrogen) atoms. The molecule has 2 nitrogen and oxygen atoms in total. The van der Waals surface area contributed by atoms with Crippen molar-refractivity contribution in [1.82, 2.24) is 0 Å². The van der Waals surface area contributed by atoms with Gasteiger partial charge in [-0.15, -0.1) is 0 Å². The van der Waals surface area contributed by atoms with Crippen molar-refractivity contribution in [2.75, 3.05) is 5.32 Å². The zero-order valence-electron chi connectivity index (χ0n) is 9.09. The summed E-state index contributed by atoms with van der Waals surface area (Å²) in [7, 11) is 0. The van der Waals surface area contributed by atoms with Gasteiger partial charge in [-0.1, -0.05) is 36.2 Å². The zero-order valence-corrected chi connectivity index (χ0v) is 10.7. The molecular weight excluding hydrogens is 254 g/mol. The smallest absolute Gasteiger partial charge is 0.227 e. The number of hydrogen-bond acceptors (Lipinski definition) is 1. The normalized spacial score (nSPS) is 12.2. The monoisotopic (exact) mass is 269 g/mol. The number of benzene rings is 1. The number of nitrogens with one attached hydrogen (secondary N) is 1. The number of amides is 1. The van der Waals surface area contributed by atoms with Crippen LogP contribution in [0, 0.1) is 5.92 Å². The van der Waals surface area contributed by atoms with E-state index < -0.39 is 0 Å². The van der Waals surface area contributed by atoms with E-state index in [-0.39, 0.29) is 11.8 Å². The third-order valence-electron chi connectivity index (χ3n) is 2.28. The Labute approximate surface area is 99.2 Å². The van der Waals surface area contributed by atoms with E-state index in [2.05, 4.69) is 28.2 Å².